The molecule has 0 radical (unpaired) electrons. The second kappa shape index (κ2) is 4.91. The highest BCUT2D eigenvalue weighted by atomic mass is 16.5. The summed E-state index contributed by atoms with van der Waals surface area (Å²) in [5, 5.41) is 4.84. The van der Waals surface area contributed by atoms with Gasteiger partial charge in [0.1, 0.15) is 0 Å². The van der Waals surface area contributed by atoms with E-state index < -0.39 is 0 Å². The molecule has 3 rings (SSSR count). The lowest BCUT2D eigenvalue weighted by Gasteiger charge is -2.29. The van der Waals surface area contributed by atoms with Gasteiger partial charge in [0.05, 0.1) is 11.6 Å². The number of nitrogens with one attached hydrogen (secondary N) is 1. The molecule has 19 heavy (non-hydrogen) atoms. The van der Waals surface area contributed by atoms with E-state index in [9.17, 15) is 0 Å². The molecule has 3 nitrogen and oxygen atoms in total. The number of pyridine rings is 1. The molecule has 100 valence electrons. The molecule has 0 bridgehead atoms. The predicted octanol–water partition coefficient (Wildman–Crippen LogP) is 2.89. The molecule has 1 aliphatic rings. The molecule has 0 amide bonds. The molecule has 1 saturated heterocycles. The lowest BCUT2D eigenvalue weighted by molar-refractivity contribution is 0.0881. The van der Waals surface area contributed by atoms with Crippen LogP contribution < -0.4 is 5.32 Å². The van der Waals surface area contributed by atoms with E-state index in [4.69, 9.17) is 4.74 Å². The van der Waals surface area contributed by atoms with Crippen LogP contribution in [0.4, 0.5) is 0 Å². The van der Waals surface area contributed by atoms with Crippen LogP contribution >= 0.6 is 0 Å². The molecule has 1 fully saturated rings. The van der Waals surface area contributed by atoms with Gasteiger partial charge in [-0.25, -0.2) is 0 Å². The van der Waals surface area contributed by atoms with Gasteiger partial charge in [-0.15, -0.1) is 0 Å². The Morgan fingerprint density at radius 3 is 3.11 bits per heavy atom. The third-order valence-electron chi connectivity index (χ3n) is 4.25. The highest BCUT2D eigenvalue weighted by Crippen LogP contribution is 2.25. The van der Waals surface area contributed by atoms with Crippen molar-refractivity contribution in [2.45, 2.75) is 38.5 Å². The van der Waals surface area contributed by atoms with Crippen LogP contribution in [0.5, 0.6) is 0 Å². The molecule has 0 spiro atoms. The Balaban J connectivity index is 1.75. The quantitative estimate of drug-likeness (QED) is 0.917. The molecule has 1 aliphatic heterocycles. The van der Waals surface area contributed by atoms with Crippen LogP contribution in [0.1, 0.15) is 25.8 Å². The van der Waals surface area contributed by atoms with Gasteiger partial charge in [0.25, 0.3) is 0 Å². The van der Waals surface area contributed by atoms with Gasteiger partial charge in [-0.3, -0.25) is 4.98 Å². The van der Waals surface area contributed by atoms with Crippen molar-refractivity contribution in [3.63, 3.8) is 0 Å². The SMILES string of the molecule is CC1OCCC1(C)NCc1ccc2ncccc2c1. The first-order valence-corrected chi connectivity index (χ1v) is 6.88. The molecular formula is C16H20N2O. The monoisotopic (exact) mass is 256 g/mol. The number of benzene rings is 1. The minimum Gasteiger partial charge on any atom is -0.377 e. The van der Waals surface area contributed by atoms with Gasteiger partial charge in [-0.1, -0.05) is 12.1 Å². The summed E-state index contributed by atoms with van der Waals surface area (Å²) in [7, 11) is 0. The van der Waals surface area contributed by atoms with Crippen molar-refractivity contribution >= 4 is 10.9 Å². The normalized spacial score (nSPS) is 26.9. The van der Waals surface area contributed by atoms with Crippen molar-refractivity contribution in [1.82, 2.24) is 10.3 Å². The molecule has 2 heterocycles. The average molecular weight is 256 g/mol. The van der Waals surface area contributed by atoms with E-state index in [0.29, 0.717) is 0 Å². The molecule has 1 aromatic heterocycles. The predicted molar refractivity (Wildman–Crippen MR) is 77.0 cm³/mol. The lowest BCUT2D eigenvalue weighted by atomic mass is 9.94. The summed E-state index contributed by atoms with van der Waals surface area (Å²) >= 11 is 0. The largest absolute Gasteiger partial charge is 0.377 e. The second-order valence-corrected chi connectivity index (χ2v) is 5.56. The third-order valence-corrected chi connectivity index (χ3v) is 4.25. The minimum atomic E-state index is 0.0872. The maximum atomic E-state index is 5.65. The standard InChI is InChI=1S/C16H20N2O/c1-12-16(2,7-9-19-12)18-11-13-5-6-15-14(10-13)4-3-8-17-15/h3-6,8,10,12,18H,7,9,11H2,1-2H3. The van der Waals surface area contributed by atoms with E-state index in [0.717, 1.165) is 25.1 Å². The fourth-order valence-corrected chi connectivity index (χ4v) is 2.61. The Kier molecular flexibility index (Phi) is 3.25. The summed E-state index contributed by atoms with van der Waals surface area (Å²) in [6, 6.07) is 10.5. The summed E-state index contributed by atoms with van der Waals surface area (Å²) in [5.74, 6) is 0. The molecule has 2 unspecified atom stereocenters. The number of hydrogen-bond acceptors (Lipinski definition) is 3. The Morgan fingerprint density at radius 1 is 1.42 bits per heavy atom. The van der Waals surface area contributed by atoms with Gasteiger partial charge in [0.2, 0.25) is 0 Å². The zero-order chi connectivity index (χ0) is 13.3. The van der Waals surface area contributed by atoms with Crippen molar-refractivity contribution in [3.8, 4) is 0 Å². The number of fused-ring (bicyclic) bond motifs is 1. The highest BCUT2D eigenvalue weighted by molar-refractivity contribution is 5.78. The summed E-state index contributed by atoms with van der Waals surface area (Å²) < 4.78 is 5.65. The molecule has 2 atom stereocenters. The maximum absolute atomic E-state index is 5.65. The van der Waals surface area contributed by atoms with E-state index in [1.165, 1.54) is 10.9 Å². The van der Waals surface area contributed by atoms with Gasteiger partial charge in [0, 0.05) is 30.3 Å². The fourth-order valence-electron chi connectivity index (χ4n) is 2.61. The Labute approximate surface area is 114 Å². The number of nitrogens with zero attached hydrogens (tertiary/aromatic N) is 1. The van der Waals surface area contributed by atoms with E-state index in [2.05, 4.69) is 48.4 Å². The molecular weight excluding hydrogens is 236 g/mol. The number of hydrogen-bond donors (Lipinski definition) is 1. The number of aromatic nitrogens is 1. The van der Waals surface area contributed by atoms with Crippen LogP contribution in [0.25, 0.3) is 10.9 Å². The van der Waals surface area contributed by atoms with Crippen LogP contribution in [0.3, 0.4) is 0 Å². The molecule has 0 saturated carbocycles. The van der Waals surface area contributed by atoms with Crippen molar-refractivity contribution < 1.29 is 4.74 Å². The third kappa shape index (κ3) is 2.48. The average Bonchev–Trinajstić information content (AvgIpc) is 2.77. The van der Waals surface area contributed by atoms with Crippen molar-refractivity contribution in [1.29, 1.82) is 0 Å². The fraction of sp³-hybridized carbons (Fsp3) is 0.438. The van der Waals surface area contributed by atoms with Gasteiger partial charge in [0.15, 0.2) is 0 Å². The first kappa shape index (κ1) is 12.6. The van der Waals surface area contributed by atoms with E-state index >= 15 is 0 Å². The number of ether oxygens (including phenoxy) is 1. The minimum absolute atomic E-state index is 0.0872. The zero-order valence-electron chi connectivity index (χ0n) is 11.5. The van der Waals surface area contributed by atoms with Crippen molar-refractivity contribution in [3.05, 3.63) is 42.1 Å². The van der Waals surface area contributed by atoms with Gasteiger partial charge in [-0.2, -0.15) is 0 Å². The van der Waals surface area contributed by atoms with Crippen LogP contribution in [0.15, 0.2) is 36.5 Å². The molecule has 1 N–H and O–H groups in total. The molecule has 3 heteroatoms. The Bertz CT molecular complexity index is 584. The first-order valence-electron chi connectivity index (χ1n) is 6.88. The smallest absolute Gasteiger partial charge is 0.0726 e. The molecule has 0 aliphatic carbocycles. The summed E-state index contributed by atoms with van der Waals surface area (Å²) in [4.78, 5) is 4.35. The van der Waals surface area contributed by atoms with E-state index in [1.54, 1.807) is 0 Å². The van der Waals surface area contributed by atoms with Crippen LogP contribution in [-0.4, -0.2) is 23.2 Å². The topological polar surface area (TPSA) is 34.1 Å². The van der Waals surface area contributed by atoms with Crippen LogP contribution in [0, 0.1) is 0 Å². The van der Waals surface area contributed by atoms with Gasteiger partial charge >= 0.3 is 0 Å². The van der Waals surface area contributed by atoms with Gasteiger partial charge in [-0.05, 0) is 44.0 Å². The molecule has 1 aromatic carbocycles. The maximum Gasteiger partial charge on any atom is 0.0726 e. The first-order chi connectivity index (χ1) is 9.17. The lowest BCUT2D eigenvalue weighted by Crippen LogP contribution is -2.47. The Hall–Kier alpha value is -1.45. The van der Waals surface area contributed by atoms with E-state index in [1.807, 2.05) is 12.3 Å². The zero-order valence-corrected chi connectivity index (χ0v) is 11.5. The van der Waals surface area contributed by atoms with Gasteiger partial charge < -0.3 is 10.1 Å². The summed E-state index contributed by atoms with van der Waals surface area (Å²) in [6.45, 7) is 6.11. The van der Waals surface area contributed by atoms with Crippen LogP contribution in [0.2, 0.25) is 0 Å². The summed E-state index contributed by atoms with van der Waals surface area (Å²) in [5.41, 5.74) is 2.43. The summed E-state index contributed by atoms with van der Waals surface area (Å²) in [6.07, 6.45) is 3.18. The van der Waals surface area contributed by atoms with Crippen molar-refractivity contribution in [2.24, 2.45) is 0 Å². The number of rotatable bonds is 3. The van der Waals surface area contributed by atoms with E-state index in [-0.39, 0.29) is 11.6 Å². The van der Waals surface area contributed by atoms with Crippen LogP contribution in [-0.2, 0) is 11.3 Å². The molecule has 2 aromatic rings. The van der Waals surface area contributed by atoms with Crippen molar-refractivity contribution in [2.75, 3.05) is 6.61 Å². The Morgan fingerprint density at radius 2 is 2.32 bits per heavy atom. The second-order valence-electron chi connectivity index (χ2n) is 5.56. The highest BCUT2D eigenvalue weighted by Gasteiger charge is 2.36.